The molecule has 0 radical (unpaired) electrons. The molecule has 180 valence electrons. The molecule has 1 heterocycles. The lowest BCUT2D eigenvalue weighted by atomic mass is 9.97. The van der Waals surface area contributed by atoms with Crippen LogP contribution in [0.25, 0.3) is 22.2 Å². The van der Waals surface area contributed by atoms with Crippen LogP contribution in [-0.2, 0) is 4.74 Å². The van der Waals surface area contributed by atoms with Crippen molar-refractivity contribution >= 4 is 22.2 Å². The van der Waals surface area contributed by atoms with Gasteiger partial charge in [0.1, 0.15) is 11.5 Å². The van der Waals surface area contributed by atoms with Gasteiger partial charge in [0, 0.05) is 27.6 Å². The Morgan fingerprint density at radius 1 is 0.818 bits per heavy atom. The molecule has 0 aliphatic heterocycles. The van der Waals surface area contributed by atoms with Gasteiger partial charge in [-0.05, 0) is 64.7 Å². The second kappa shape index (κ2) is 12.8. The molecule has 0 saturated carbocycles. The third-order valence-corrected chi connectivity index (χ3v) is 6.55. The average Bonchev–Trinajstić information content (AvgIpc) is 2.79. The number of unbranched alkanes of at least 4 members (excludes halogenated alkanes) is 6. The number of nitrogens with zero attached hydrogens (tertiary/aromatic N) is 1. The van der Waals surface area contributed by atoms with E-state index < -0.39 is 0 Å². The Kier molecular flexibility index (Phi) is 9.84. The second-order valence-electron chi connectivity index (χ2n) is 9.60. The minimum absolute atomic E-state index is 0.762. The molecule has 0 fully saturated rings. The number of aromatic nitrogens is 1. The Hall–Kier alpha value is -2.29. The first-order valence-corrected chi connectivity index (χ1v) is 13.1. The Morgan fingerprint density at radius 2 is 1.52 bits per heavy atom. The summed E-state index contributed by atoms with van der Waals surface area (Å²) in [5, 5.41) is 3.51. The van der Waals surface area contributed by atoms with Gasteiger partial charge in [0.15, 0.2) is 0 Å². The zero-order valence-electron chi connectivity index (χ0n) is 21.6. The first-order valence-electron chi connectivity index (χ1n) is 13.1. The first kappa shape index (κ1) is 25.3. The SMILES string of the molecule is CCCCCCOC1=c2ccc3c(OCCCCCC)cc(C)nc3c2=C(C)CCC(C)=C1. The van der Waals surface area contributed by atoms with Crippen LogP contribution in [-0.4, -0.2) is 18.2 Å². The first-order chi connectivity index (χ1) is 16.0. The van der Waals surface area contributed by atoms with Crippen LogP contribution in [0.15, 0.2) is 29.8 Å². The van der Waals surface area contributed by atoms with E-state index in [2.05, 4.69) is 58.9 Å². The van der Waals surface area contributed by atoms with Gasteiger partial charge in [-0.2, -0.15) is 0 Å². The van der Waals surface area contributed by atoms with Crippen molar-refractivity contribution in [2.75, 3.05) is 13.2 Å². The number of hydrogen-bond acceptors (Lipinski definition) is 3. The molecule has 1 aliphatic rings. The quantitative estimate of drug-likeness (QED) is 0.323. The molecule has 1 aliphatic carbocycles. The zero-order chi connectivity index (χ0) is 23.6. The van der Waals surface area contributed by atoms with Gasteiger partial charge in [0.2, 0.25) is 0 Å². The number of aryl methyl sites for hydroxylation is 1. The fourth-order valence-electron chi connectivity index (χ4n) is 4.56. The maximum Gasteiger partial charge on any atom is 0.130 e. The largest absolute Gasteiger partial charge is 0.493 e. The normalized spacial score (nSPS) is 14.0. The Morgan fingerprint density at radius 3 is 2.21 bits per heavy atom. The van der Waals surface area contributed by atoms with E-state index in [0.717, 1.165) is 67.0 Å². The molecule has 2 aromatic rings. The van der Waals surface area contributed by atoms with Gasteiger partial charge in [-0.25, -0.2) is 0 Å². The van der Waals surface area contributed by atoms with E-state index >= 15 is 0 Å². The summed E-state index contributed by atoms with van der Waals surface area (Å²) in [6.45, 7) is 12.6. The summed E-state index contributed by atoms with van der Waals surface area (Å²) >= 11 is 0. The maximum absolute atomic E-state index is 6.39. The van der Waals surface area contributed by atoms with Gasteiger partial charge in [-0.1, -0.05) is 63.5 Å². The van der Waals surface area contributed by atoms with Crippen molar-refractivity contribution in [1.29, 1.82) is 0 Å². The van der Waals surface area contributed by atoms with E-state index in [-0.39, 0.29) is 0 Å². The van der Waals surface area contributed by atoms with Crippen LogP contribution in [0.1, 0.15) is 97.6 Å². The summed E-state index contributed by atoms with van der Waals surface area (Å²) < 4.78 is 12.7. The van der Waals surface area contributed by atoms with Crippen molar-refractivity contribution in [3.05, 3.63) is 46.0 Å². The number of allylic oxidation sites excluding steroid dienone is 1. The van der Waals surface area contributed by atoms with E-state index in [9.17, 15) is 0 Å². The van der Waals surface area contributed by atoms with Gasteiger partial charge >= 0.3 is 0 Å². The molecule has 0 spiro atoms. The fourth-order valence-corrected chi connectivity index (χ4v) is 4.56. The Bertz CT molecular complexity index is 1080. The van der Waals surface area contributed by atoms with E-state index in [0.29, 0.717) is 0 Å². The van der Waals surface area contributed by atoms with Gasteiger partial charge in [-0.3, -0.25) is 4.98 Å². The smallest absolute Gasteiger partial charge is 0.130 e. The lowest BCUT2D eigenvalue weighted by Crippen LogP contribution is -2.32. The summed E-state index contributed by atoms with van der Waals surface area (Å²) in [6, 6.07) is 6.49. The van der Waals surface area contributed by atoms with Crippen molar-refractivity contribution in [1.82, 2.24) is 4.98 Å². The zero-order valence-corrected chi connectivity index (χ0v) is 21.6. The van der Waals surface area contributed by atoms with Crippen LogP contribution in [0.4, 0.5) is 0 Å². The highest BCUT2D eigenvalue weighted by atomic mass is 16.5. The van der Waals surface area contributed by atoms with Crippen molar-refractivity contribution in [2.24, 2.45) is 0 Å². The molecule has 0 bridgehead atoms. The molecule has 3 nitrogen and oxygen atoms in total. The van der Waals surface area contributed by atoms with E-state index in [4.69, 9.17) is 14.5 Å². The molecule has 33 heavy (non-hydrogen) atoms. The summed E-state index contributed by atoms with van der Waals surface area (Å²) in [6.07, 6.45) is 14.0. The summed E-state index contributed by atoms with van der Waals surface area (Å²) in [5.74, 6) is 1.95. The molecule has 1 aromatic carbocycles. The number of fused-ring (bicyclic) bond motifs is 3. The van der Waals surface area contributed by atoms with Crippen molar-refractivity contribution < 1.29 is 9.47 Å². The summed E-state index contributed by atoms with van der Waals surface area (Å²) in [4.78, 5) is 5.01. The monoisotopic (exact) mass is 449 g/mol. The van der Waals surface area contributed by atoms with Crippen molar-refractivity contribution in [2.45, 2.75) is 98.8 Å². The Balaban J connectivity index is 2.06. The predicted octanol–water partition coefficient (Wildman–Crippen LogP) is 7.12. The highest BCUT2D eigenvalue weighted by molar-refractivity contribution is 5.87. The summed E-state index contributed by atoms with van der Waals surface area (Å²) in [7, 11) is 0. The third-order valence-electron chi connectivity index (χ3n) is 6.55. The van der Waals surface area contributed by atoms with E-state index in [1.165, 1.54) is 60.1 Å². The number of pyridine rings is 1. The summed E-state index contributed by atoms with van der Waals surface area (Å²) in [5.41, 5.74) is 4.80. The van der Waals surface area contributed by atoms with Crippen LogP contribution >= 0.6 is 0 Å². The van der Waals surface area contributed by atoms with Crippen LogP contribution in [0.3, 0.4) is 0 Å². The number of rotatable bonds is 12. The van der Waals surface area contributed by atoms with Crippen LogP contribution in [0.5, 0.6) is 5.75 Å². The van der Waals surface area contributed by atoms with Crippen LogP contribution in [0.2, 0.25) is 0 Å². The van der Waals surface area contributed by atoms with Crippen molar-refractivity contribution in [3.63, 3.8) is 0 Å². The third kappa shape index (κ3) is 6.85. The standard InChI is InChI=1S/C30H43NO2/c1-6-8-10-12-18-32-27-20-22(3)14-15-23(4)29-25(27)16-17-26-28(21-24(5)31-30(26)29)33-19-13-11-9-7-2/h16-17,20-21H,6-15,18-19H2,1-5H3. The molecule has 0 atom stereocenters. The predicted molar refractivity (Wildman–Crippen MR) is 141 cm³/mol. The molecular formula is C30H43NO2. The van der Waals surface area contributed by atoms with E-state index in [1.54, 1.807) is 0 Å². The fraction of sp³-hybridized carbons (Fsp3) is 0.567. The molecule has 0 saturated heterocycles. The van der Waals surface area contributed by atoms with Gasteiger partial charge in [-0.15, -0.1) is 0 Å². The molecule has 0 N–H and O–H groups in total. The van der Waals surface area contributed by atoms with Crippen LogP contribution in [0, 0.1) is 6.92 Å². The minimum Gasteiger partial charge on any atom is -0.493 e. The molecule has 0 amide bonds. The molecule has 1 aromatic heterocycles. The number of benzene rings is 1. The molecule has 3 heteroatoms. The lowest BCUT2D eigenvalue weighted by Gasteiger charge is -2.16. The number of hydrogen-bond donors (Lipinski definition) is 0. The second-order valence-corrected chi connectivity index (χ2v) is 9.60. The van der Waals surface area contributed by atoms with Crippen molar-refractivity contribution in [3.8, 4) is 5.75 Å². The average molecular weight is 450 g/mol. The van der Waals surface area contributed by atoms with Crippen LogP contribution < -0.4 is 15.2 Å². The maximum atomic E-state index is 6.39. The molecule has 3 rings (SSSR count). The Labute approximate surface area is 200 Å². The number of ether oxygens (including phenoxy) is 2. The van der Waals surface area contributed by atoms with Gasteiger partial charge in [0.25, 0.3) is 0 Å². The molecule has 0 unspecified atom stereocenters. The molecular weight excluding hydrogens is 406 g/mol. The highest BCUT2D eigenvalue weighted by Crippen LogP contribution is 2.25. The van der Waals surface area contributed by atoms with Gasteiger partial charge < -0.3 is 9.47 Å². The van der Waals surface area contributed by atoms with Gasteiger partial charge in [0.05, 0.1) is 18.7 Å². The topological polar surface area (TPSA) is 31.4 Å². The lowest BCUT2D eigenvalue weighted by molar-refractivity contribution is 0.266. The highest BCUT2D eigenvalue weighted by Gasteiger charge is 2.13. The van der Waals surface area contributed by atoms with E-state index in [1.807, 2.05) is 0 Å². The minimum atomic E-state index is 0.762.